The van der Waals surface area contributed by atoms with Gasteiger partial charge in [0, 0.05) is 12.2 Å². The van der Waals surface area contributed by atoms with E-state index in [1.165, 1.54) is 30.5 Å². The molecule has 0 amide bonds. The van der Waals surface area contributed by atoms with Crippen molar-refractivity contribution in [3.8, 4) is 0 Å². The zero-order chi connectivity index (χ0) is 14.9. The predicted molar refractivity (Wildman–Crippen MR) is 86.0 cm³/mol. The topological polar surface area (TPSA) is 43.8 Å². The molecule has 0 bridgehead atoms. The Morgan fingerprint density at radius 3 is 2.76 bits per heavy atom. The van der Waals surface area contributed by atoms with Crippen LogP contribution < -0.4 is 5.73 Å². The fraction of sp³-hybridized carbons (Fsp3) is 0.500. The lowest BCUT2D eigenvalue weighted by molar-refractivity contribution is 0.355. The number of nitrogens with two attached hydrogens (primary N) is 1. The van der Waals surface area contributed by atoms with Crippen molar-refractivity contribution < 1.29 is 0 Å². The number of imidazole rings is 1. The molecule has 0 spiro atoms. The van der Waals surface area contributed by atoms with Gasteiger partial charge in [-0.15, -0.1) is 0 Å². The fourth-order valence-corrected chi connectivity index (χ4v) is 3.52. The van der Waals surface area contributed by atoms with Crippen LogP contribution in [0.25, 0.3) is 0 Å². The van der Waals surface area contributed by atoms with Gasteiger partial charge in [-0.05, 0) is 36.7 Å². The van der Waals surface area contributed by atoms with E-state index >= 15 is 0 Å². The van der Waals surface area contributed by atoms with Gasteiger partial charge in [0.1, 0.15) is 0 Å². The van der Waals surface area contributed by atoms with Crippen molar-refractivity contribution in [1.29, 1.82) is 0 Å². The van der Waals surface area contributed by atoms with Crippen LogP contribution in [0.15, 0.2) is 42.9 Å². The van der Waals surface area contributed by atoms with Crippen molar-refractivity contribution in [3.05, 3.63) is 54.1 Å². The second-order valence-electron chi connectivity index (χ2n) is 7.08. The summed E-state index contributed by atoms with van der Waals surface area (Å²) < 4.78 is 2.32. The maximum absolute atomic E-state index is 6.45. The molecule has 3 heteroatoms. The van der Waals surface area contributed by atoms with Gasteiger partial charge in [-0.1, -0.05) is 44.2 Å². The molecule has 1 unspecified atom stereocenters. The Balaban J connectivity index is 1.76. The fourth-order valence-electron chi connectivity index (χ4n) is 3.52. The van der Waals surface area contributed by atoms with Crippen LogP contribution in [0.3, 0.4) is 0 Å². The van der Waals surface area contributed by atoms with Gasteiger partial charge < -0.3 is 10.3 Å². The summed E-state index contributed by atoms with van der Waals surface area (Å²) in [6.45, 7) is 4.71. The Labute approximate surface area is 127 Å². The molecule has 1 saturated carbocycles. The molecule has 1 aromatic carbocycles. The van der Waals surface area contributed by atoms with E-state index in [1.807, 2.05) is 18.6 Å². The average Bonchev–Trinajstić information content (AvgIpc) is 3.06. The maximum atomic E-state index is 6.45. The van der Waals surface area contributed by atoms with Gasteiger partial charge in [-0.25, -0.2) is 4.98 Å². The molecule has 2 atom stereocenters. The number of hydrogen-bond acceptors (Lipinski definition) is 2. The van der Waals surface area contributed by atoms with E-state index in [-0.39, 0.29) is 6.04 Å². The van der Waals surface area contributed by atoms with Crippen LogP contribution in [0, 0.1) is 5.41 Å². The lowest BCUT2D eigenvalue weighted by Gasteiger charge is -2.21. The Hall–Kier alpha value is -1.61. The van der Waals surface area contributed by atoms with Crippen molar-refractivity contribution in [3.63, 3.8) is 0 Å². The van der Waals surface area contributed by atoms with Gasteiger partial charge in [-0.3, -0.25) is 0 Å². The summed E-state index contributed by atoms with van der Waals surface area (Å²) in [5.74, 6) is 0. The van der Waals surface area contributed by atoms with Gasteiger partial charge in [0.25, 0.3) is 0 Å². The Morgan fingerprint density at radius 2 is 2.10 bits per heavy atom. The summed E-state index contributed by atoms with van der Waals surface area (Å²) in [6.07, 6.45) is 8.50. The van der Waals surface area contributed by atoms with E-state index < -0.39 is 0 Å². The van der Waals surface area contributed by atoms with Gasteiger partial charge in [0.05, 0.1) is 18.1 Å². The number of rotatable bonds is 4. The number of benzene rings is 1. The van der Waals surface area contributed by atoms with Gasteiger partial charge in [0.2, 0.25) is 0 Å². The summed E-state index contributed by atoms with van der Waals surface area (Å²) in [5, 5.41) is 0. The first-order valence-corrected chi connectivity index (χ1v) is 7.86. The largest absolute Gasteiger partial charge is 0.330 e. The molecule has 21 heavy (non-hydrogen) atoms. The zero-order valence-corrected chi connectivity index (χ0v) is 13.0. The van der Waals surface area contributed by atoms with Crippen molar-refractivity contribution in [2.75, 3.05) is 0 Å². The summed E-state index contributed by atoms with van der Waals surface area (Å²) in [4.78, 5) is 4.36. The van der Waals surface area contributed by atoms with Gasteiger partial charge >= 0.3 is 0 Å². The maximum Gasteiger partial charge on any atom is 0.0951 e. The highest BCUT2D eigenvalue weighted by Crippen LogP contribution is 2.44. The van der Waals surface area contributed by atoms with E-state index in [0.29, 0.717) is 11.5 Å². The van der Waals surface area contributed by atoms with E-state index in [0.717, 1.165) is 6.42 Å². The molecule has 0 saturated heterocycles. The minimum absolute atomic E-state index is 0.0126. The van der Waals surface area contributed by atoms with E-state index in [1.54, 1.807) is 0 Å². The van der Waals surface area contributed by atoms with Crippen LogP contribution >= 0.6 is 0 Å². The molecule has 3 nitrogen and oxygen atoms in total. The normalized spacial score (nSPS) is 22.3. The first-order chi connectivity index (χ1) is 10.1. The van der Waals surface area contributed by atoms with Crippen LogP contribution in [-0.4, -0.2) is 9.55 Å². The van der Waals surface area contributed by atoms with Crippen LogP contribution in [0.1, 0.15) is 56.5 Å². The minimum atomic E-state index is 0.0126. The first kappa shape index (κ1) is 14.3. The third-order valence-corrected chi connectivity index (χ3v) is 4.71. The van der Waals surface area contributed by atoms with E-state index in [9.17, 15) is 0 Å². The highest BCUT2D eigenvalue weighted by Gasteiger charge is 2.33. The van der Waals surface area contributed by atoms with Crippen molar-refractivity contribution in [1.82, 2.24) is 9.55 Å². The van der Waals surface area contributed by atoms with Crippen LogP contribution in [0.5, 0.6) is 0 Å². The smallest absolute Gasteiger partial charge is 0.0951 e. The number of hydrogen-bond donors (Lipinski definition) is 1. The second-order valence-corrected chi connectivity index (χ2v) is 7.08. The van der Waals surface area contributed by atoms with E-state index in [2.05, 4.69) is 47.7 Å². The molecule has 112 valence electrons. The predicted octanol–water partition coefficient (Wildman–Crippen LogP) is 3.88. The average molecular weight is 283 g/mol. The summed E-state index contributed by atoms with van der Waals surface area (Å²) in [7, 11) is 0. The van der Waals surface area contributed by atoms with Crippen molar-refractivity contribution in [2.45, 2.75) is 51.6 Å². The SMILES string of the molecule is CC1(C)CCC(n2cncc2[C@H](N)Cc2ccccc2)C1. The monoisotopic (exact) mass is 283 g/mol. The van der Waals surface area contributed by atoms with Gasteiger partial charge in [-0.2, -0.15) is 0 Å². The summed E-state index contributed by atoms with van der Waals surface area (Å²) in [5.41, 5.74) is 9.34. The number of aromatic nitrogens is 2. The Morgan fingerprint density at radius 1 is 1.33 bits per heavy atom. The van der Waals surface area contributed by atoms with Gasteiger partial charge in [0.15, 0.2) is 0 Å². The lowest BCUT2D eigenvalue weighted by atomic mass is 9.92. The molecular formula is C18H25N3. The van der Waals surface area contributed by atoms with E-state index in [4.69, 9.17) is 5.73 Å². The Bertz CT molecular complexity index is 586. The molecule has 0 radical (unpaired) electrons. The third kappa shape index (κ3) is 3.18. The van der Waals surface area contributed by atoms with Crippen LogP contribution in [0.2, 0.25) is 0 Å². The molecule has 1 heterocycles. The molecular weight excluding hydrogens is 258 g/mol. The van der Waals surface area contributed by atoms with Crippen molar-refractivity contribution in [2.24, 2.45) is 11.1 Å². The molecule has 1 aromatic heterocycles. The van der Waals surface area contributed by atoms with Crippen LogP contribution in [0.4, 0.5) is 0 Å². The number of nitrogens with zero attached hydrogens (tertiary/aromatic N) is 2. The molecule has 1 aliphatic carbocycles. The molecule has 3 rings (SSSR count). The summed E-state index contributed by atoms with van der Waals surface area (Å²) in [6, 6.07) is 11.0. The van der Waals surface area contributed by atoms with Crippen LogP contribution in [-0.2, 0) is 6.42 Å². The third-order valence-electron chi connectivity index (χ3n) is 4.71. The molecule has 2 N–H and O–H groups in total. The highest BCUT2D eigenvalue weighted by molar-refractivity contribution is 5.19. The minimum Gasteiger partial charge on any atom is -0.330 e. The highest BCUT2D eigenvalue weighted by atomic mass is 15.1. The Kier molecular flexibility index (Phi) is 3.85. The zero-order valence-electron chi connectivity index (χ0n) is 13.0. The first-order valence-electron chi connectivity index (χ1n) is 7.86. The standard InChI is InChI=1S/C18H25N3/c1-18(2)9-8-15(11-18)21-13-20-12-17(21)16(19)10-14-6-4-3-5-7-14/h3-7,12-13,15-16H,8-11,19H2,1-2H3/t15?,16-/m1/s1. The second kappa shape index (κ2) is 5.64. The lowest BCUT2D eigenvalue weighted by Crippen LogP contribution is -2.20. The molecule has 0 aliphatic heterocycles. The summed E-state index contributed by atoms with van der Waals surface area (Å²) >= 11 is 0. The molecule has 1 fully saturated rings. The molecule has 1 aliphatic rings. The van der Waals surface area contributed by atoms with Crippen molar-refractivity contribution >= 4 is 0 Å². The molecule has 2 aromatic rings. The quantitative estimate of drug-likeness (QED) is 0.925.